The van der Waals surface area contributed by atoms with Crippen molar-refractivity contribution in [3.8, 4) is 0 Å². The van der Waals surface area contributed by atoms with Crippen molar-refractivity contribution in [2.45, 2.75) is 36.4 Å². The lowest BCUT2D eigenvalue weighted by atomic mass is 10.1. The number of hydrogen-bond acceptors (Lipinski definition) is 2. The smallest absolute Gasteiger partial charge is 0.0646 e. The fraction of sp³-hybridized carbons (Fsp3) is 0.778. The van der Waals surface area contributed by atoms with E-state index in [-0.39, 0.29) is 5.38 Å². The molecular weight excluding hydrogens is 190 g/mol. The second kappa shape index (κ2) is 5.15. The minimum absolute atomic E-state index is 0.234. The Labute approximate surface area is 83.9 Å². The fourth-order valence-corrected chi connectivity index (χ4v) is 2.86. The number of thioether (sulfide) groups is 1. The molecule has 12 heavy (non-hydrogen) atoms. The second-order valence-electron chi connectivity index (χ2n) is 3.08. The van der Waals surface area contributed by atoms with Gasteiger partial charge in [0, 0.05) is 11.3 Å². The molecule has 0 saturated heterocycles. The Morgan fingerprint density at radius 1 is 1.67 bits per heavy atom. The van der Waals surface area contributed by atoms with Crippen LogP contribution < -0.4 is 5.32 Å². The maximum absolute atomic E-state index is 6.10. The van der Waals surface area contributed by atoms with Gasteiger partial charge in [-0.3, -0.25) is 0 Å². The van der Waals surface area contributed by atoms with Crippen molar-refractivity contribution in [2.24, 2.45) is 0 Å². The van der Waals surface area contributed by atoms with Crippen LogP contribution in [0.4, 0.5) is 0 Å². The molecule has 1 nitrogen and oxygen atoms in total. The van der Waals surface area contributed by atoms with E-state index >= 15 is 0 Å². The minimum atomic E-state index is 0.234. The highest BCUT2D eigenvalue weighted by Crippen LogP contribution is 2.31. The Morgan fingerprint density at radius 2 is 2.42 bits per heavy atom. The lowest BCUT2D eigenvalue weighted by Gasteiger charge is -2.19. The second-order valence-corrected chi connectivity index (χ2v) is 4.73. The molecule has 1 aliphatic rings. The van der Waals surface area contributed by atoms with Crippen LogP contribution in [0.5, 0.6) is 0 Å². The Bertz CT molecular complexity index is 157. The van der Waals surface area contributed by atoms with Crippen molar-refractivity contribution in [1.29, 1.82) is 0 Å². The number of alkyl halides is 1. The Hall–Kier alpha value is 0.340. The highest BCUT2D eigenvalue weighted by molar-refractivity contribution is 8.03. The van der Waals surface area contributed by atoms with E-state index < -0.39 is 0 Å². The van der Waals surface area contributed by atoms with Gasteiger partial charge in [-0.2, -0.15) is 0 Å². The maximum atomic E-state index is 6.10. The van der Waals surface area contributed by atoms with E-state index in [1.165, 1.54) is 12.8 Å². The molecule has 1 rings (SSSR count). The summed E-state index contributed by atoms with van der Waals surface area (Å²) in [6.07, 6.45) is 4.43. The Kier molecular flexibility index (Phi) is 4.47. The summed E-state index contributed by atoms with van der Waals surface area (Å²) < 4.78 is 0. The molecule has 2 unspecified atom stereocenters. The van der Waals surface area contributed by atoms with E-state index in [1.54, 1.807) is 0 Å². The zero-order valence-corrected chi connectivity index (χ0v) is 9.16. The molecule has 0 saturated carbocycles. The van der Waals surface area contributed by atoms with Gasteiger partial charge in [-0.25, -0.2) is 0 Å². The molecule has 70 valence electrons. The van der Waals surface area contributed by atoms with Gasteiger partial charge in [0.15, 0.2) is 0 Å². The van der Waals surface area contributed by atoms with E-state index in [0.717, 1.165) is 0 Å². The van der Waals surface area contributed by atoms with Gasteiger partial charge in [0.1, 0.15) is 0 Å². The van der Waals surface area contributed by atoms with Gasteiger partial charge in [-0.15, -0.1) is 23.4 Å². The lowest BCUT2D eigenvalue weighted by Crippen LogP contribution is -2.29. The van der Waals surface area contributed by atoms with E-state index in [1.807, 2.05) is 18.8 Å². The van der Waals surface area contributed by atoms with Crippen LogP contribution in [-0.2, 0) is 0 Å². The quantitative estimate of drug-likeness (QED) is 0.709. The topological polar surface area (TPSA) is 12.0 Å². The van der Waals surface area contributed by atoms with E-state index in [0.29, 0.717) is 11.3 Å². The maximum Gasteiger partial charge on any atom is 0.0646 e. The van der Waals surface area contributed by atoms with E-state index in [2.05, 4.69) is 23.7 Å². The molecule has 1 heterocycles. The lowest BCUT2D eigenvalue weighted by molar-refractivity contribution is 0.503. The highest BCUT2D eigenvalue weighted by Gasteiger charge is 2.23. The monoisotopic (exact) mass is 205 g/mol. The highest BCUT2D eigenvalue weighted by atomic mass is 35.5. The summed E-state index contributed by atoms with van der Waals surface area (Å²) in [4.78, 5) is 0. The summed E-state index contributed by atoms with van der Waals surface area (Å²) in [5.41, 5.74) is 0. The van der Waals surface area contributed by atoms with Crippen LogP contribution in [-0.4, -0.2) is 23.7 Å². The first-order chi connectivity index (χ1) is 5.77. The normalized spacial score (nSPS) is 30.9. The third-order valence-electron chi connectivity index (χ3n) is 2.29. The average molecular weight is 206 g/mol. The van der Waals surface area contributed by atoms with E-state index in [9.17, 15) is 0 Å². The third kappa shape index (κ3) is 2.68. The molecule has 0 aromatic carbocycles. The molecule has 3 atom stereocenters. The number of nitrogens with one attached hydrogen (secondary N) is 1. The zero-order valence-electron chi connectivity index (χ0n) is 7.59. The van der Waals surface area contributed by atoms with Crippen LogP contribution in [0.25, 0.3) is 0 Å². The molecular formula is C9H16ClNS. The molecule has 0 aromatic rings. The summed E-state index contributed by atoms with van der Waals surface area (Å²) in [6, 6.07) is 0.614. The van der Waals surface area contributed by atoms with Gasteiger partial charge in [0.25, 0.3) is 0 Å². The Morgan fingerprint density at radius 3 is 2.83 bits per heavy atom. The van der Waals surface area contributed by atoms with Crippen molar-refractivity contribution in [1.82, 2.24) is 5.32 Å². The van der Waals surface area contributed by atoms with Gasteiger partial charge in [-0.05, 0) is 25.3 Å². The summed E-state index contributed by atoms with van der Waals surface area (Å²) in [7, 11) is 2.02. The zero-order chi connectivity index (χ0) is 8.97. The van der Waals surface area contributed by atoms with Crippen molar-refractivity contribution < 1.29 is 0 Å². The number of hydrogen-bond donors (Lipinski definition) is 1. The Balaban J connectivity index is 2.30. The first-order valence-electron chi connectivity index (χ1n) is 4.41. The molecule has 0 bridgehead atoms. The third-order valence-corrected chi connectivity index (χ3v) is 4.04. The molecule has 0 aromatic heterocycles. The first-order valence-corrected chi connectivity index (χ1v) is 5.79. The SMILES string of the molecule is CC[C@H](CC1SC=CC1Cl)NC. The predicted octanol–water partition coefficient (Wildman–Crippen LogP) is 2.61. The number of allylic oxidation sites excluding steroid dienone is 1. The van der Waals surface area contributed by atoms with Crippen molar-refractivity contribution in [2.75, 3.05) is 7.05 Å². The summed E-state index contributed by atoms with van der Waals surface area (Å²) in [5, 5.41) is 6.22. The van der Waals surface area contributed by atoms with Crippen molar-refractivity contribution in [3.63, 3.8) is 0 Å². The molecule has 0 aliphatic carbocycles. The van der Waals surface area contributed by atoms with Gasteiger partial charge in [-0.1, -0.05) is 13.0 Å². The van der Waals surface area contributed by atoms with Crippen LogP contribution in [0, 0.1) is 0 Å². The summed E-state index contributed by atoms with van der Waals surface area (Å²) in [5.74, 6) is 0. The number of rotatable bonds is 4. The standard InChI is InChI=1S/C9H16ClNS/c1-3-7(11-2)6-9-8(10)4-5-12-9/h4-5,7-9,11H,3,6H2,1-2H3/t7-,8?,9?/m1/s1. The van der Waals surface area contributed by atoms with Crippen molar-refractivity contribution in [3.05, 3.63) is 11.5 Å². The molecule has 0 fully saturated rings. The van der Waals surface area contributed by atoms with Crippen LogP contribution in [0.2, 0.25) is 0 Å². The van der Waals surface area contributed by atoms with E-state index in [4.69, 9.17) is 11.6 Å². The van der Waals surface area contributed by atoms with Gasteiger partial charge in [0.2, 0.25) is 0 Å². The molecule has 1 aliphatic heterocycles. The molecule has 0 amide bonds. The molecule has 0 radical (unpaired) electrons. The average Bonchev–Trinajstić information content (AvgIpc) is 2.47. The molecule has 1 N–H and O–H groups in total. The largest absolute Gasteiger partial charge is 0.317 e. The minimum Gasteiger partial charge on any atom is -0.317 e. The first kappa shape index (κ1) is 10.4. The fourth-order valence-electron chi connectivity index (χ4n) is 1.37. The predicted molar refractivity (Wildman–Crippen MR) is 57.9 cm³/mol. The van der Waals surface area contributed by atoms with Crippen LogP contribution >= 0.6 is 23.4 Å². The molecule has 0 spiro atoms. The summed E-state index contributed by atoms with van der Waals surface area (Å²) in [6.45, 7) is 2.21. The molecule has 3 heteroatoms. The summed E-state index contributed by atoms with van der Waals surface area (Å²) >= 11 is 7.96. The van der Waals surface area contributed by atoms with Crippen LogP contribution in [0.3, 0.4) is 0 Å². The van der Waals surface area contributed by atoms with Crippen LogP contribution in [0.15, 0.2) is 11.5 Å². The van der Waals surface area contributed by atoms with Gasteiger partial charge < -0.3 is 5.32 Å². The van der Waals surface area contributed by atoms with Gasteiger partial charge >= 0.3 is 0 Å². The van der Waals surface area contributed by atoms with Crippen LogP contribution in [0.1, 0.15) is 19.8 Å². The van der Waals surface area contributed by atoms with Crippen molar-refractivity contribution >= 4 is 23.4 Å². The van der Waals surface area contributed by atoms with Gasteiger partial charge in [0.05, 0.1) is 5.38 Å². The number of halogens is 1.